The predicted octanol–water partition coefficient (Wildman–Crippen LogP) is 4.18. The maximum Gasteiger partial charge on any atom is 0.0835 e. The molecule has 0 aromatic carbocycles. The zero-order valence-corrected chi connectivity index (χ0v) is 14.5. The van der Waals surface area contributed by atoms with Crippen molar-refractivity contribution >= 4 is 0 Å². The molecule has 22 heavy (non-hydrogen) atoms. The van der Waals surface area contributed by atoms with E-state index in [1.54, 1.807) is 0 Å². The molecule has 2 heterocycles. The van der Waals surface area contributed by atoms with Gasteiger partial charge in [0.1, 0.15) is 0 Å². The first kappa shape index (κ1) is 15.2. The van der Waals surface area contributed by atoms with Crippen LogP contribution in [0.15, 0.2) is 12.2 Å². The summed E-state index contributed by atoms with van der Waals surface area (Å²) < 4.78 is 6.29. The van der Waals surface area contributed by atoms with E-state index < -0.39 is 0 Å². The van der Waals surface area contributed by atoms with Crippen LogP contribution in [0.2, 0.25) is 0 Å². The summed E-state index contributed by atoms with van der Waals surface area (Å²) in [6.45, 7) is 8.28. The van der Waals surface area contributed by atoms with E-state index in [4.69, 9.17) is 4.74 Å². The van der Waals surface area contributed by atoms with E-state index in [0.29, 0.717) is 35.7 Å². The molecule has 0 aromatic heterocycles. The molecule has 1 spiro atoms. The van der Waals surface area contributed by atoms with E-state index >= 15 is 0 Å². The minimum absolute atomic E-state index is 0.0273. The maximum absolute atomic E-state index is 10.4. The van der Waals surface area contributed by atoms with Crippen LogP contribution in [0.25, 0.3) is 0 Å². The second-order valence-corrected chi connectivity index (χ2v) is 9.27. The van der Waals surface area contributed by atoms with E-state index in [2.05, 4.69) is 32.9 Å². The van der Waals surface area contributed by atoms with Gasteiger partial charge < -0.3 is 9.84 Å². The van der Waals surface area contributed by atoms with E-state index in [1.165, 1.54) is 38.5 Å². The molecule has 0 radical (unpaired) electrons. The van der Waals surface area contributed by atoms with Gasteiger partial charge in [-0.05, 0) is 74.5 Å². The Kier molecular flexibility index (Phi) is 3.34. The lowest BCUT2D eigenvalue weighted by atomic mass is 9.50. The van der Waals surface area contributed by atoms with Gasteiger partial charge >= 0.3 is 0 Å². The molecule has 5 rings (SSSR count). The van der Waals surface area contributed by atoms with E-state index in [9.17, 15) is 5.11 Å². The average Bonchev–Trinajstić information content (AvgIpc) is 2.75. The van der Waals surface area contributed by atoms with Crippen LogP contribution in [0, 0.1) is 34.5 Å². The van der Waals surface area contributed by atoms with Crippen LogP contribution in [-0.4, -0.2) is 23.9 Å². The number of ether oxygens (including phenoxy) is 1. The fourth-order valence-electron chi connectivity index (χ4n) is 6.69. The van der Waals surface area contributed by atoms with Crippen molar-refractivity contribution in [3.8, 4) is 0 Å². The highest BCUT2D eigenvalue weighted by atomic mass is 16.5. The van der Waals surface area contributed by atoms with Crippen LogP contribution in [0.4, 0.5) is 0 Å². The summed E-state index contributed by atoms with van der Waals surface area (Å²) >= 11 is 0. The lowest BCUT2D eigenvalue weighted by molar-refractivity contribution is -0.153. The normalized spacial score (nSPS) is 53.4. The first-order chi connectivity index (χ1) is 10.4. The molecule has 3 fully saturated rings. The van der Waals surface area contributed by atoms with Crippen molar-refractivity contribution in [3.63, 3.8) is 0 Å². The van der Waals surface area contributed by atoms with Gasteiger partial charge in [-0.3, -0.25) is 0 Å². The number of hydrogen-bond acceptors (Lipinski definition) is 2. The molecule has 2 bridgehead atoms. The van der Waals surface area contributed by atoms with Crippen LogP contribution in [0.5, 0.6) is 0 Å². The van der Waals surface area contributed by atoms with Gasteiger partial charge in [-0.25, -0.2) is 0 Å². The van der Waals surface area contributed by atoms with E-state index in [-0.39, 0.29) is 11.0 Å². The van der Waals surface area contributed by atoms with Crippen LogP contribution < -0.4 is 0 Å². The zero-order valence-electron chi connectivity index (χ0n) is 14.5. The fourth-order valence-corrected chi connectivity index (χ4v) is 6.69. The molecule has 1 saturated heterocycles. The lowest BCUT2D eigenvalue weighted by Crippen LogP contribution is -2.53. The Morgan fingerprint density at radius 1 is 1.18 bits per heavy atom. The maximum atomic E-state index is 10.4. The Bertz CT molecular complexity index is 472. The van der Waals surface area contributed by atoms with Gasteiger partial charge in [-0.15, -0.1) is 0 Å². The van der Waals surface area contributed by atoms with Gasteiger partial charge in [0.05, 0.1) is 12.2 Å². The molecule has 0 aromatic rings. The summed E-state index contributed by atoms with van der Waals surface area (Å²) in [5.41, 5.74) is 0.514. The van der Waals surface area contributed by atoms with Gasteiger partial charge in [0, 0.05) is 12.0 Å². The number of rotatable bonds is 2. The average molecular weight is 304 g/mol. The van der Waals surface area contributed by atoms with Crippen LogP contribution in [-0.2, 0) is 4.74 Å². The van der Waals surface area contributed by atoms with E-state index in [1.807, 2.05) is 0 Å². The molecule has 3 aliphatic carbocycles. The molecule has 0 amide bonds. The summed E-state index contributed by atoms with van der Waals surface area (Å²) in [6, 6.07) is 0. The minimum Gasteiger partial charge on any atom is -0.396 e. The third-order valence-electron chi connectivity index (χ3n) is 8.06. The molecule has 0 unspecified atom stereocenters. The molecular formula is C20H32O2. The smallest absolute Gasteiger partial charge is 0.0835 e. The SMILES string of the molecule is CC(C)[C@H]1CC[C@H]2[C@@H]3C=C[C@]4(C)CC[C@@]3(CC[C@]12CO)CO4. The second kappa shape index (κ2) is 4.83. The molecule has 2 nitrogen and oxygen atoms in total. The highest BCUT2D eigenvalue weighted by Gasteiger charge is 2.62. The Balaban J connectivity index is 1.74. The fraction of sp³-hybridized carbons (Fsp3) is 0.900. The van der Waals surface area contributed by atoms with Gasteiger partial charge in [0.25, 0.3) is 0 Å². The molecule has 124 valence electrons. The summed E-state index contributed by atoms with van der Waals surface area (Å²) in [5.74, 6) is 2.68. The van der Waals surface area contributed by atoms with Crippen molar-refractivity contribution in [3.05, 3.63) is 12.2 Å². The first-order valence-electron chi connectivity index (χ1n) is 9.39. The summed E-state index contributed by atoms with van der Waals surface area (Å²) in [6.07, 6.45) is 12.4. The van der Waals surface area contributed by atoms with Crippen molar-refractivity contribution in [2.45, 2.75) is 64.9 Å². The summed E-state index contributed by atoms with van der Waals surface area (Å²) in [4.78, 5) is 0. The number of hydrogen-bond donors (Lipinski definition) is 1. The van der Waals surface area contributed by atoms with Crippen molar-refractivity contribution < 1.29 is 9.84 Å². The van der Waals surface area contributed by atoms with Crippen molar-refractivity contribution in [1.82, 2.24) is 0 Å². The summed E-state index contributed by atoms with van der Waals surface area (Å²) in [5, 5.41) is 10.4. The van der Waals surface area contributed by atoms with Gasteiger partial charge in [0.2, 0.25) is 0 Å². The van der Waals surface area contributed by atoms with Crippen LogP contribution >= 0.6 is 0 Å². The first-order valence-corrected chi connectivity index (χ1v) is 9.39. The molecule has 1 N–H and O–H groups in total. The third kappa shape index (κ3) is 1.86. The minimum atomic E-state index is -0.0273. The third-order valence-corrected chi connectivity index (χ3v) is 8.06. The van der Waals surface area contributed by atoms with Crippen LogP contribution in [0.1, 0.15) is 59.3 Å². The molecular weight excluding hydrogens is 272 g/mol. The van der Waals surface area contributed by atoms with E-state index in [0.717, 1.165) is 6.61 Å². The van der Waals surface area contributed by atoms with Crippen molar-refractivity contribution in [2.75, 3.05) is 13.2 Å². The Morgan fingerprint density at radius 2 is 1.95 bits per heavy atom. The van der Waals surface area contributed by atoms with Gasteiger partial charge in [0.15, 0.2) is 0 Å². The molecule has 5 aliphatic rings. The predicted molar refractivity (Wildman–Crippen MR) is 88.5 cm³/mol. The highest BCUT2D eigenvalue weighted by Crippen LogP contribution is 2.66. The number of aliphatic hydroxyl groups excluding tert-OH is 1. The Morgan fingerprint density at radius 3 is 2.59 bits per heavy atom. The number of allylic oxidation sites excluding steroid dienone is 1. The Hall–Kier alpha value is -0.340. The number of fused-ring (bicyclic) bond motifs is 3. The summed E-state index contributed by atoms with van der Waals surface area (Å²) in [7, 11) is 0. The molecule has 2 saturated carbocycles. The molecule has 2 heteroatoms. The standard InChI is InChI=1S/C20H32O2/c1-14(2)15-4-5-17-16-6-7-18(3)8-9-19(16,13-22-18)10-11-20(15,17)12-21/h6-7,14-17,21H,4-5,8-13H2,1-3H3/t15-,16+,17+,18-,19-,20+/m1/s1. The molecule has 2 aliphatic heterocycles. The van der Waals surface area contributed by atoms with Crippen molar-refractivity contribution in [2.24, 2.45) is 34.5 Å². The van der Waals surface area contributed by atoms with Crippen LogP contribution in [0.3, 0.4) is 0 Å². The highest BCUT2D eigenvalue weighted by molar-refractivity contribution is 5.20. The van der Waals surface area contributed by atoms with Gasteiger partial charge in [-0.2, -0.15) is 0 Å². The van der Waals surface area contributed by atoms with Crippen molar-refractivity contribution in [1.29, 1.82) is 0 Å². The quantitative estimate of drug-likeness (QED) is 0.775. The lowest BCUT2D eigenvalue weighted by Gasteiger charge is -2.56. The monoisotopic (exact) mass is 304 g/mol. The Labute approximate surface area is 135 Å². The second-order valence-electron chi connectivity index (χ2n) is 9.27. The largest absolute Gasteiger partial charge is 0.396 e. The van der Waals surface area contributed by atoms with Gasteiger partial charge in [-0.1, -0.05) is 26.0 Å². The molecule has 6 atom stereocenters. The number of aliphatic hydroxyl groups is 1. The topological polar surface area (TPSA) is 29.5 Å². The zero-order chi connectivity index (χ0) is 15.6.